The molecule has 0 spiro atoms. The molecular formula is C28H24NO5P. The Kier molecular flexibility index (Phi) is 6.68. The van der Waals surface area contributed by atoms with E-state index in [9.17, 15) is 19.2 Å². The van der Waals surface area contributed by atoms with E-state index in [2.05, 4.69) is 0 Å². The summed E-state index contributed by atoms with van der Waals surface area (Å²) in [5.41, 5.74) is -0.494. The van der Waals surface area contributed by atoms with Gasteiger partial charge in [-0.25, -0.2) is 4.79 Å². The third kappa shape index (κ3) is 3.86. The molecule has 0 aromatic heterocycles. The number of Topliss-reactive ketones (excluding diaryl/α,β-unsaturated/α-hetero) is 1. The van der Waals surface area contributed by atoms with Crippen LogP contribution in [0.5, 0.6) is 0 Å². The van der Waals surface area contributed by atoms with Gasteiger partial charge in [-0.15, -0.1) is 0 Å². The zero-order chi connectivity index (χ0) is 25.2. The van der Waals surface area contributed by atoms with Crippen LogP contribution in [0.25, 0.3) is 0 Å². The highest BCUT2D eigenvalue weighted by Gasteiger charge is 2.46. The molecule has 0 radical (unpaired) electrons. The molecule has 6 nitrogen and oxygen atoms in total. The third-order valence-electron chi connectivity index (χ3n) is 6.02. The van der Waals surface area contributed by atoms with Crippen molar-refractivity contribution in [3.8, 4) is 0 Å². The Labute approximate surface area is 203 Å². The number of hydrogen-bond acceptors (Lipinski definition) is 5. The average Bonchev–Trinajstić information content (AvgIpc) is 3.12. The lowest BCUT2D eigenvalue weighted by Gasteiger charge is -2.32. The van der Waals surface area contributed by atoms with Gasteiger partial charge in [-0.2, -0.15) is 0 Å². The van der Waals surface area contributed by atoms with Crippen LogP contribution in [0.3, 0.4) is 0 Å². The maximum Gasteiger partial charge on any atom is 0.339 e. The molecule has 0 aliphatic carbocycles. The minimum Gasteiger partial charge on any atom is -0.465 e. The van der Waals surface area contributed by atoms with Gasteiger partial charge < -0.3 is 4.74 Å². The van der Waals surface area contributed by atoms with Crippen molar-refractivity contribution in [2.45, 2.75) is 6.92 Å². The number of carbonyl (C=O) groups is 4. The normalized spacial score (nSPS) is 13.7. The summed E-state index contributed by atoms with van der Waals surface area (Å²) in [5, 5.41) is 2.37. The summed E-state index contributed by atoms with van der Waals surface area (Å²) in [4.78, 5) is 53.8. The van der Waals surface area contributed by atoms with Gasteiger partial charge in [0.1, 0.15) is 0 Å². The van der Waals surface area contributed by atoms with Gasteiger partial charge >= 0.3 is 5.97 Å². The van der Waals surface area contributed by atoms with Gasteiger partial charge in [-0.3, -0.25) is 19.3 Å². The molecule has 0 atom stereocenters. The van der Waals surface area contributed by atoms with Crippen LogP contribution in [0.15, 0.2) is 102 Å². The number of rotatable bonds is 6. The predicted octanol–water partition coefficient (Wildman–Crippen LogP) is 2.21. The summed E-state index contributed by atoms with van der Waals surface area (Å²) in [6.07, 6.45) is 0. The number of imide groups is 1. The van der Waals surface area contributed by atoms with E-state index < -0.39 is 30.5 Å². The monoisotopic (exact) mass is 485 g/mol. The van der Waals surface area contributed by atoms with Crippen LogP contribution >= 0.6 is 6.89 Å². The molecule has 1 heterocycles. The van der Waals surface area contributed by atoms with Crippen LogP contribution in [0.1, 0.15) is 6.92 Å². The molecule has 7 heteroatoms. The lowest BCUT2D eigenvalue weighted by Crippen LogP contribution is -2.37. The third-order valence-corrected chi connectivity index (χ3v) is 10.3. The molecule has 0 unspecified atom stereocenters. The number of hydrogen-bond donors (Lipinski definition) is 0. The molecule has 176 valence electrons. The van der Waals surface area contributed by atoms with Crippen molar-refractivity contribution in [2.75, 3.05) is 14.2 Å². The lowest BCUT2D eigenvalue weighted by molar-refractivity contribution is -0.137. The standard InChI is InChI=1S/C28H24NO5P/c1-19(30)23-24(27(32)29(2)26(23)31)25(28(33)34-3)35(20-13-7-4-8-14-20,21-15-9-5-10-16-21)22-17-11-6-12-18-22/h4-18H,1-3H3. The highest BCUT2D eigenvalue weighted by Crippen LogP contribution is 2.49. The van der Waals surface area contributed by atoms with Gasteiger partial charge in [0.2, 0.25) is 0 Å². The molecule has 0 saturated heterocycles. The molecule has 4 rings (SSSR count). The van der Waals surface area contributed by atoms with E-state index in [1.165, 1.54) is 21.1 Å². The van der Waals surface area contributed by atoms with Crippen LogP contribution < -0.4 is 15.9 Å². The van der Waals surface area contributed by atoms with E-state index in [4.69, 9.17) is 4.74 Å². The maximum absolute atomic E-state index is 13.7. The van der Waals surface area contributed by atoms with E-state index >= 15 is 0 Å². The van der Waals surface area contributed by atoms with Gasteiger partial charge in [-0.1, -0.05) is 91.0 Å². The summed E-state index contributed by atoms with van der Waals surface area (Å²) < 4.78 is 5.27. The quantitative estimate of drug-likeness (QED) is 0.232. The number of benzene rings is 3. The number of nitrogens with zero attached hydrogens (tertiary/aromatic N) is 1. The SMILES string of the molecule is COC(=O)C(C1=C(C(C)=O)C(=O)N(C)C1=O)=P(c1ccccc1)(c1ccccc1)c1ccccc1. The smallest absolute Gasteiger partial charge is 0.339 e. The van der Waals surface area contributed by atoms with Crippen molar-refractivity contribution in [3.63, 3.8) is 0 Å². The molecule has 35 heavy (non-hydrogen) atoms. The molecule has 0 saturated carbocycles. The second-order valence-electron chi connectivity index (χ2n) is 7.99. The molecule has 2 amide bonds. The summed E-state index contributed by atoms with van der Waals surface area (Å²) >= 11 is 0. The van der Waals surface area contributed by atoms with Gasteiger partial charge in [0.05, 0.1) is 23.5 Å². The fourth-order valence-corrected chi connectivity index (χ4v) is 8.92. The summed E-state index contributed by atoms with van der Waals surface area (Å²) in [6.45, 7) is -1.90. The van der Waals surface area contributed by atoms with Crippen molar-refractivity contribution in [2.24, 2.45) is 0 Å². The number of amides is 2. The Balaban J connectivity index is 2.40. The molecule has 1 aliphatic heterocycles. The number of ketones is 1. The van der Waals surface area contributed by atoms with Gasteiger partial charge in [0.15, 0.2) is 5.78 Å². The topological polar surface area (TPSA) is 80.8 Å². The molecule has 0 N–H and O–H groups in total. The van der Waals surface area contributed by atoms with E-state index in [0.29, 0.717) is 0 Å². The number of esters is 1. The Morgan fingerprint density at radius 2 is 1.06 bits per heavy atom. The van der Waals surface area contributed by atoms with Gasteiger partial charge in [0.25, 0.3) is 11.8 Å². The highest BCUT2D eigenvalue weighted by atomic mass is 31.2. The van der Waals surface area contributed by atoms with Crippen LogP contribution in [-0.4, -0.2) is 47.9 Å². The van der Waals surface area contributed by atoms with Crippen LogP contribution in [-0.2, 0) is 23.9 Å². The summed E-state index contributed by atoms with van der Waals surface area (Å²) in [6, 6.07) is 28.1. The molecule has 3 aromatic rings. The van der Waals surface area contributed by atoms with Gasteiger partial charge in [-0.05, 0) is 29.7 Å². The minimum absolute atomic E-state index is 0.0245. The fraction of sp³-hybridized carbons (Fsp3) is 0.107. The first kappa shape index (κ1) is 24.1. The first-order valence-electron chi connectivity index (χ1n) is 10.9. The molecular weight excluding hydrogens is 461 g/mol. The Morgan fingerprint density at radius 1 is 0.686 bits per heavy atom. The van der Waals surface area contributed by atoms with E-state index in [-0.39, 0.29) is 16.4 Å². The van der Waals surface area contributed by atoms with Crippen molar-refractivity contribution in [1.29, 1.82) is 0 Å². The van der Waals surface area contributed by atoms with Gasteiger partial charge in [0, 0.05) is 7.05 Å². The van der Waals surface area contributed by atoms with E-state index in [1.807, 2.05) is 91.0 Å². The maximum atomic E-state index is 13.7. The Bertz CT molecular complexity index is 1310. The molecule has 0 fully saturated rings. The second kappa shape index (κ2) is 9.69. The van der Waals surface area contributed by atoms with E-state index in [1.54, 1.807) is 0 Å². The highest BCUT2D eigenvalue weighted by molar-refractivity contribution is 7.97. The molecule has 1 aliphatic rings. The van der Waals surface area contributed by atoms with Crippen molar-refractivity contribution in [3.05, 3.63) is 102 Å². The van der Waals surface area contributed by atoms with Crippen molar-refractivity contribution < 1.29 is 23.9 Å². The first-order chi connectivity index (χ1) is 16.9. The summed E-state index contributed by atoms with van der Waals surface area (Å²) in [7, 11) is 2.54. The average molecular weight is 485 g/mol. The van der Waals surface area contributed by atoms with Crippen molar-refractivity contribution >= 4 is 51.7 Å². The minimum atomic E-state index is -3.12. The van der Waals surface area contributed by atoms with Crippen LogP contribution in [0.4, 0.5) is 0 Å². The second-order valence-corrected chi connectivity index (χ2v) is 11.3. The zero-order valence-electron chi connectivity index (χ0n) is 19.6. The van der Waals surface area contributed by atoms with Crippen LogP contribution in [0.2, 0.25) is 0 Å². The Hall–Kier alpha value is -4.02. The fourth-order valence-electron chi connectivity index (χ4n) is 4.48. The predicted molar refractivity (Wildman–Crippen MR) is 138 cm³/mol. The van der Waals surface area contributed by atoms with E-state index in [0.717, 1.165) is 20.8 Å². The first-order valence-corrected chi connectivity index (χ1v) is 12.7. The Morgan fingerprint density at radius 3 is 1.40 bits per heavy atom. The number of ether oxygens (including phenoxy) is 1. The largest absolute Gasteiger partial charge is 0.465 e. The lowest BCUT2D eigenvalue weighted by atomic mass is 10.0. The number of methoxy groups -OCH3 is 1. The van der Waals surface area contributed by atoms with Crippen LogP contribution in [0, 0.1) is 0 Å². The van der Waals surface area contributed by atoms with Crippen molar-refractivity contribution in [1.82, 2.24) is 4.90 Å². The molecule has 3 aromatic carbocycles. The molecule has 0 bridgehead atoms. The number of carbonyl (C=O) groups excluding carboxylic acids is 4. The zero-order valence-corrected chi connectivity index (χ0v) is 20.5. The number of likely N-dealkylation sites (N-methyl/N-ethyl adjacent to an activating group) is 1. The summed E-state index contributed by atoms with van der Waals surface area (Å²) in [5.74, 6) is -2.78.